The second-order valence-electron chi connectivity index (χ2n) is 7.58. The summed E-state index contributed by atoms with van der Waals surface area (Å²) in [5.41, 5.74) is 3.60. The molecule has 2 aromatic heterocycles. The molecule has 0 aliphatic carbocycles. The Morgan fingerprint density at radius 1 is 0.938 bits per heavy atom. The Labute approximate surface area is 189 Å². The molecule has 5 aromatic rings. The smallest absolute Gasteiger partial charge is 0.267 e. The van der Waals surface area contributed by atoms with Crippen LogP contribution in [0.2, 0.25) is 0 Å². The molecule has 7 heteroatoms. The van der Waals surface area contributed by atoms with Gasteiger partial charge in [-0.3, -0.25) is 9.20 Å². The van der Waals surface area contributed by atoms with Crippen molar-refractivity contribution in [1.82, 2.24) is 19.2 Å². The molecular weight excluding hydrogens is 420 g/mol. The summed E-state index contributed by atoms with van der Waals surface area (Å²) in [6, 6.07) is 23.4. The van der Waals surface area contributed by atoms with Gasteiger partial charge < -0.3 is 4.74 Å². The number of hydrogen-bond donors (Lipinski definition) is 0. The predicted octanol–water partition coefficient (Wildman–Crippen LogP) is 4.82. The number of ether oxygens (including phenoxy) is 1. The molecule has 0 saturated carbocycles. The standard InChI is InChI=1S/C25H22N4O2S/c1-17-12-13-18(2)22(16-17)28-23(30)20-10-6-7-11-21(20)29-24(28)26-27-25(29)32-15-14-31-19-8-4-3-5-9-19/h3-13,16H,14-15H2,1-2H3. The van der Waals surface area contributed by atoms with Gasteiger partial charge in [-0.15, -0.1) is 10.2 Å². The number of benzene rings is 3. The zero-order chi connectivity index (χ0) is 22.1. The first kappa shape index (κ1) is 20.3. The van der Waals surface area contributed by atoms with Gasteiger partial charge in [0.2, 0.25) is 5.78 Å². The van der Waals surface area contributed by atoms with Crippen LogP contribution in [0.25, 0.3) is 22.4 Å². The highest BCUT2D eigenvalue weighted by molar-refractivity contribution is 7.99. The molecule has 0 saturated heterocycles. The van der Waals surface area contributed by atoms with Gasteiger partial charge in [0.1, 0.15) is 5.75 Å². The Balaban J connectivity index is 1.58. The van der Waals surface area contributed by atoms with Crippen molar-refractivity contribution in [2.24, 2.45) is 0 Å². The van der Waals surface area contributed by atoms with Crippen molar-refractivity contribution in [3.63, 3.8) is 0 Å². The Bertz CT molecular complexity index is 1470. The fourth-order valence-corrected chi connectivity index (χ4v) is 4.52. The minimum absolute atomic E-state index is 0.0989. The number of hydrogen-bond acceptors (Lipinski definition) is 5. The average Bonchev–Trinajstić information content (AvgIpc) is 3.23. The molecule has 0 N–H and O–H groups in total. The van der Waals surface area contributed by atoms with E-state index in [1.165, 1.54) is 0 Å². The molecule has 0 spiro atoms. The molecular formula is C25H22N4O2S. The van der Waals surface area contributed by atoms with Crippen molar-refractivity contribution in [3.05, 3.63) is 94.3 Å². The van der Waals surface area contributed by atoms with Gasteiger partial charge in [-0.25, -0.2) is 4.57 Å². The van der Waals surface area contributed by atoms with E-state index in [4.69, 9.17) is 4.74 Å². The van der Waals surface area contributed by atoms with Crippen LogP contribution in [0.1, 0.15) is 11.1 Å². The van der Waals surface area contributed by atoms with Crippen molar-refractivity contribution in [2.75, 3.05) is 12.4 Å². The molecule has 6 nitrogen and oxygen atoms in total. The Morgan fingerprint density at radius 3 is 2.56 bits per heavy atom. The number of para-hydroxylation sites is 2. The van der Waals surface area contributed by atoms with Crippen LogP contribution in [0.15, 0.2) is 82.7 Å². The minimum Gasteiger partial charge on any atom is -0.493 e. The van der Waals surface area contributed by atoms with E-state index >= 15 is 0 Å². The summed E-state index contributed by atoms with van der Waals surface area (Å²) in [6.45, 7) is 4.56. The second kappa shape index (κ2) is 8.51. The molecule has 32 heavy (non-hydrogen) atoms. The molecule has 0 aliphatic rings. The number of rotatable bonds is 6. The fraction of sp³-hybridized carbons (Fsp3) is 0.160. The monoisotopic (exact) mass is 442 g/mol. The first-order chi connectivity index (χ1) is 15.6. The number of fused-ring (bicyclic) bond motifs is 3. The molecule has 0 atom stereocenters. The Morgan fingerprint density at radius 2 is 1.72 bits per heavy atom. The van der Waals surface area contributed by atoms with E-state index in [0.717, 1.165) is 33.2 Å². The minimum atomic E-state index is -0.0989. The lowest BCUT2D eigenvalue weighted by molar-refractivity contribution is 0.344. The summed E-state index contributed by atoms with van der Waals surface area (Å²) in [5, 5.41) is 10.2. The van der Waals surface area contributed by atoms with E-state index in [2.05, 4.69) is 10.2 Å². The quantitative estimate of drug-likeness (QED) is 0.279. The van der Waals surface area contributed by atoms with E-state index in [1.54, 1.807) is 16.3 Å². The van der Waals surface area contributed by atoms with E-state index in [1.807, 2.05) is 91.0 Å². The highest BCUT2D eigenvalue weighted by Gasteiger charge is 2.18. The summed E-state index contributed by atoms with van der Waals surface area (Å²) < 4.78 is 9.44. The number of thioether (sulfide) groups is 1. The van der Waals surface area contributed by atoms with E-state index < -0.39 is 0 Å². The molecule has 5 rings (SSSR count). The van der Waals surface area contributed by atoms with Crippen LogP contribution in [0.4, 0.5) is 0 Å². The largest absolute Gasteiger partial charge is 0.493 e. The van der Waals surface area contributed by atoms with Crippen LogP contribution < -0.4 is 10.3 Å². The van der Waals surface area contributed by atoms with Gasteiger partial charge in [-0.1, -0.05) is 54.2 Å². The summed E-state index contributed by atoms with van der Waals surface area (Å²) >= 11 is 1.56. The van der Waals surface area contributed by atoms with Crippen LogP contribution in [0.3, 0.4) is 0 Å². The molecule has 0 aliphatic heterocycles. The van der Waals surface area contributed by atoms with Gasteiger partial charge in [0.05, 0.1) is 23.2 Å². The molecule has 3 aromatic carbocycles. The summed E-state index contributed by atoms with van der Waals surface area (Å²) in [7, 11) is 0. The van der Waals surface area contributed by atoms with Gasteiger partial charge in [0.15, 0.2) is 5.16 Å². The first-order valence-electron chi connectivity index (χ1n) is 10.4. The molecule has 160 valence electrons. The Hall–Kier alpha value is -3.58. The van der Waals surface area contributed by atoms with Crippen molar-refractivity contribution in [2.45, 2.75) is 19.0 Å². The maximum absolute atomic E-state index is 13.5. The van der Waals surface area contributed by atoms with Crippen molar-refractivity contribution in [1.29, 1.82) is 0 Å². The number of nitrogens with zero attached hydrogens (tertiary/aromatic N) is 4. The highest BCUT2D eigenvalue weighted by Crippen LogP contribution is 2.24. The van der Waals surface area contributed by atoms with E-state index in [9.17, 15) is 4.79 Å². The van der Waals surface area contributed by atoms with Crippen LogP contribution in [-0.4, -0.2) is 31.5 Å². The van der Waals surface area contributed by atoms with Gasteiger partial charge in [0, 0.05) is 5.75 Å². The molecule has 0 amide bonds. The third-order valence-corrected chi connectivity index (χ3v) is 6.22. The SMILES string of the molecule is Cc1ccc(C)c(-n2c(=O)c3ccccc3n3c(SCCOc4ccccc4)nnc23)c1. The third-order valence-electron chi connectivity index (χ3n) is 5.33. The zero-order valence-electron chi connectivity index (χ0n) is 17.9. The van der Waals surface area contributed by atoms with Gasteiger partial charge in [-0.05, 0) is 55.3 Å². The summed E-state index contributed by atoms with van der Waals surface area (Å²) in [5.74, 6) is 2.05. The van der Waals surface area contributed by atoms with Gasteiger partial charge in [-0.2, -0.15) is 0 Å². The lowest BCUT2D eigenvalue weighted by Gasteiger charge is -2.14. The zero-order valence-corrected chi connectivity index (χ0v) is 18.7. The van der Waals surface area contributed by atoms with Crippen LogP contribution in [-0.2, 0) is 0 Å². The predicted molar refractivity (Wildman–Crippen MR) is 128 cm³/mol. The van der Waals surface area contributed by atoms with Gasteiger partial charge in [0.25, 0.3) is 5.56 Å². The second-order valence-corrected chi connectivity index (χ2v) is 8.64. The van der Waals surface area contributed by atoms with E-state index in [0.29, 0.717) is 23.5 Å². The average molecular weight is 443 g/mol. The van der Waals surface area contributed by atoms with Crippen LogP contribution in [0, 0.1) is 13.8 Å². The van der Waals surface area contributed by atoms with Crippen LogP contribution in [0.5, 0.6) is 5.75 Å². The number of aryl methyl sites for hydroxylation is 2. The molecule has 0 unspecified atom stereocenters. The summed E-state index contributed by atoms with van der Waals surface area (Å²) in [6.07, 6.45) is 0. The summed E-state index contributed by atoms with van der Waals surface area (Å²) in [4.78, 5) is 13.5. The first-order valence-corrected chi connectivity index (χ1v) is 11.4. The fourth-order valence-electron chi connectivity index (χ4n) is 3.76. The van der Waals surface area contributed by atoms with Crippen molar-refractivity contribution < 1.29 is 4.74 Å². The highest BCUT2D eigenvalue weighted by atomic mass is 32.2. The molecule has 0 fully saturated rings. The lowest BCUT2D eigenvalue weighted by atomic mass is 10.1. The molecule has 0 radical (unpaired) electrons. The maximum Gasteiger partial charge on any atom is 0.267 e. The Kier molecular flexibility index (Phi) is 5.41. The molecule has 2 heterocycles. The van der Waals surface area contributed by atoms with E-state index in [-0.39, 0.29) is 5.56 Å². The van der Waals surface area contributed by atoms with Gasteiger partial charge >= 0.3 is 0 Å². The third kappa shape index (κ3) is 3.65. The normalized spacial score (nSPS) is 11.3. The molecule has 0 bridgehead atoms. The van der Waals surface area contributed by atoms with Crippen molar-refractivity contribution in [3.8, 4) is 11.4 Å². The number of aromatic nitrogens is 4. The lowest BCUT2D eigenvalue weighted by Crippen LogP contribution is -2.22. The van der Waals surface area contributed by atoms with Crippen molar-refractivity contribution >= 4 is 28.4 Å². The topological polar surface area (TPSA) is 61.4 Å². The van der Waals surface area contributed by atoms with Crippen LogP contribution >= 0.6 is 11.8 Å². The maximum atomic E-state index is 13.5.